The van der Waals surface area contributed by atoms with E-state index in [9.17, 15) is 10.2 Å². The summed E-state index contributed by atoms with van der Waals surface area (Å²) in [6, 6.07) is 4.57. The van der Waals surface area contributed by atoms with Gasteiger partial charge in [-0.25, -0.2) is 0 Å². The second-order valence-electron chi connectivity index (χ2n) is 3.49. The van der Waals surface area contributed by atoms with Gasteiger partial charge in [-0.1, -0.05) is 34.2 Å². The summed E-state index contributed by atoms with van der Waals surface area (Å²) in [6.45, 7) is 0. The van der Waals surface area contributed by atoms with Crippen molar-refractivity contribution in [3.8, 4) is 11.5 Å². The second kappa shape index (κ2) is 4.97. The molecule has 0 fully saturated rings. The van der Waals surface area contributed by atoms with Gasteiger partial charge in [-0.2, -0.15) is 0 Å². The standard InChI is InChI=1S/C12H11BrO2S/c13-8-1-4-10(5-2-8)16-12-7-9(14)3-6-11(12)15/h1-4,6-7,10,14-15H,5H2. The predicted octanol–water partition coefficient (Wildman–Crippen LogP) is 3.80. The Hall–Kier alpha value is -0.870. The average molecular weight is 299 g/mol. The molecular formula is C12H11BrO2S. The first-order valence-corrected chi connectivity index (χ1v) is 6.55. The minimum absolute atomic E-state index is 0.178. The average Bonchev–Trinajstić information content (AvgIpc) is 2.27. The van der Waals surface area contributed by atoms with E-state index in [2.05, 4.69) is 28.1 Å². The van der Waals surface area contributed by atoms with Gasteiger partial charge in [0.25, 0.3) is 0 Å². The van der Waals surface area contributed by atoms with E-state index < -0.39 is 0 Å². The molecule has 1 aromatic rings. The number of phenols is 2. The Balaban J connectivity index is 2.10. The minimum atomic E-state index is 0.178. The fraction of sp³-hybridized carbons (Fsp3) is 0.167. The molecule has 0 aliphatic heterocycles. The van der Waals surface area contributed by atoms with Gasteiger partial charge in [0.1, 0.15) is 11.5 Å². The van der Waals surface area contributed by atoms with Crippen molar-refractivity contribution in [3.05, 3.63) is 40.9 Å². The van der Waals surface area contributed by atoms with Crippen molar-refractivity contribution in [1.82, 2.24) is 0 Å². The minimum Gasteiger partial charge on any atom is -0.508 e. The van der Waals surface area contributed by atoms with E-state index in [1.165, 1.54) is 12.1 Å². The first-order chi connectivity index (χ1) is 7.65. The van der Waals surface area contributed by atoms with E-state index in [1.54, 1.807) is 17.8 Å². The van der Waals surface area contributed by atoms with Gasteiger partial charge in [-0.05, 0) is 24.6 Å². The Morgan fingerprint density at radius 1 is 1.31 bits per heavy atom. The second-order valence-corrected chi connectivity index (χ2v) is 5.69. The monoisotopic (exact) mass is 298 g/mol. The molecule has 16 heavy (non-hydrogen) atoms. The molecular weight excluding hydrogens is 288 g/mol. The molecule has 2 rings (SSSR count). The summed E-state index contributed by atoms with van der Waals surface area (Å²) in [6.07, 6.45) is 7.09. The molecule has 2 N–H and O–H groups in total. The van der Waals surface area contributed by atoms with Crippen LogP contribution < -0.4 is 0 Å². The van der Waals surface area contributed by atoms with Crippen LogP contribution in [0, 0.1) is 0 Å². The number of benzene rings is 1. The third-order valence-electron chi connectivity index (χ3n) is 2.24. The summed E-state index contributed by atoms with van der Waals surface area (Å²) in [5.74, 6) is 0.390. The van der Waals surface area contributed by atoms with Crippen molar-refractivity contribution in [2.75, 3.05) is 0 Å². The highest BCUT2D eigenvalue weighted by Crippen LogP contribution is 2.37. The van der Waals surface area contributed by atoms with Gasteiger partial charge in [0.15, 0.2) is 0 Å². The number of aromatic hydroxyl groups is 2. The summed E-state index contributed by atoms with van der Waals surface area (Å²) in [4.78, 5) is 0.709. The van der Waals surface area contributed by atoms with Gasteiger partial charge >= 0.3 is 0 Å². The lowest BCUT2D eigenvalue weighted by Crippen LogP contribution is -1.99. The number of hydrogen-bond donors (Lipinski definition) is 2. The molecule has 0 heterocycles. The Morgan fingerprint density at radius 3 is 2.81 bits per heavy atom. The molecule has 1 aliphatic carbocycles. The van der Waals surface area contributed by atoms with Crippen molar-refractivity contribution in [2.24, 2.45) is 0 Å². The van der Waals surface area contributed by atoms with Gasteiger partial charge < -0.3 is 10.2 Å². The van der Waals surface area contributed by atoms with Crippen LogP contribution in [0.5, 0.6) is 11.5 Å². The summed E-state index contributed by atoms with van der Waals surface area (Å²) < 4.78 is 1.09. The van der Waals surface area contributed by atoms with Crippen LogP contribution in [-0.2, 0) is 0 Å². The van der Waals surface area contributed by atoms with E-state index in [-0.39, 0.29) is 11.5 Å². The molecule has 1 aliphatic rings. The van der Waals surface area contributed by atoms with E-state index in [4.69, 9.17) is 0 Å². The van der Waals surface area contributed by atoms with Crippen LogP contribution in [0.15, 0.2) is 45.8 Å². The first-order valence-electron chi connectivity index (χ1n) is 4.87. The highest BCUT2D eigenvalue weighted by Gasteiger charge is 2.12. The Kier molecular flexibility index (Phi) is 3.61. The summed E-state index contributed by atoms with van der Waals surface area (Å²) >= 11 is 4.95. The highest BCUT2D eigenvalue weighted by molar-refractivity contribution is 9.11. The zero-order valence-corrected chi connectivity index (χ0v) is 10.8. The topological polar surface area (TPSA) is 40.5 Å². The van der Waals surface area contributed by atoms with Crippen LogP contribution >= 0.6 is 27.7 Å². The number of phenolic OH excluding ortho intramolecular Hbond substituents is 2. The molecule has 0 amide bonds. The zero-order chi connectivity index (χ0) is 11.5. The van der Waals surface area contributed by atoms with E-state index in [1.807, 2.05) is 6.08 Å². The van der Waals surface area contributed by atoms with Gasteiger partial charge in [-0.3, -0.25) is 0 Å². The van der Waals surface area contributed by atoms with Crippen molar-refractivity contribution in [2.45, 2.75) is 16.6 Å². The molecule has 1 unspecified atom stereocenters. The van der Waals surface area contributed by atoms with Crippen molar-refractivity contribution < 1.29 is 10.2 Å². The fourth-order valence-electron chi connectivity index (χ4n) is 1.42. The third-order valence-corrected chi connectivity index (χ3v) is 4.06. The molecule has 0 saturated carbocycles. The lowest BCUT2D eigenvalue weighted by molar-refractivity contribution is 0.448. The molecule has 0 saturated heterocycles. The quantitative estimate of drug-likeness (QED) is 0.816. The van der Waals surface area contributed by atoms with Gasteiger partial charge in [0, 0.05) is 9.73 Å². The van der Waals surface area contributed by atoms with Gasteiger partial charge in [0.05, 0.1) is 4.90 Å². The molecule has 1 aromatic carbocycles. The first kappa shape index (κ1) is 11.6. The lowest BCUT2D eigenvalue weighted by atomic mass is 10.2. The van der Waals surface area contributed by atoms with E-state index >= 15 is 0 Å². The summed E-state index contributed by atoms with van der Waals surface area (Å²) in [5.41, 5.74) is 0. The zero-order valence-electron chi connectivity index (χ0n) is 8.43. The molecule has 0 spiro atoms. The smallest absolute Gasteiger partial charge is 0.129 e. The number of rotatable bonds is 2. The molecule has 0 aromatic heterocycles. The number of thioether (sulfide) groups is 1. The maximum atomic E-state index is 9.64. The number of halogens is 1. The molecule has 84 valence electrons. The Morgan fingerprint density at radius 2 is 2.12 bits per heavy atom. The van der Waals surface area contributed by atoms with Crippen molar-refractivity contribution >= 4 is 27.7 Å². The summed E-state index contributed by atoms with van der Waals surface area (Å²) in [7, 11) is 0. The largest absolute Gasteiger partial charge is 0.508 e. The lowest BCUT2D eigenvalue weighted by Gasteiger charge is -2.14. The van der Waals surface area contributed by atoms with Crippen molar-refractivity contribution in [1.29, 1.82) is 0 Å². The maximum absolute atomic E-state index is 9.64. The van der Waals surface area contributed by atoms with Crippen LogP contribution in [0.1, 0.15) is 6.42 Å². The SMILES string of the molecule is Oc1ccc(O)c(SC2C=CC(Br)=CC2)c1. The molecule has 0 radical (unpaired) electrons. The van der Waals surface area contributed by atoms with Crippen molar-refractivity contribution in [3.63, 3.8) is 0 Å². The predicted molar refractivity (Wildman–Crippen MR) is 70.2 cm³/mol. The van der Waals surface area contributed by atoms with Crippen LogP contribution in [0.25, 0.3) is 0 Å². The number of allylic oxidation sites excluding steroid dienone is 3. The van der Waals surface area contributed by atoms with Crippen LogP contribution in [-0.4, -0.2) is 15.5 Å². The third kappa shape index (κ3) is 2.83. The highest BCUT2D eigenvalue weighted by atomic mass is 79.9. The van der Waals surface area contributed by atoms with E-state index in [0.717, 1.165) is 10.9 Å². The van der Waals surface area contributed by atoms with Crippen LogP contribution in [0.3, 0.4) is 0 Å². The fourth-order valence-corrected chi connectivity index (χ4v) is 2.82. The van der Waals surface area contributed by atoms with Crippen LogP contribution in [0.2, 0.25) is 0 Å². The maximum Gasteiger partial charge on any atom is 0.129 e. The molecule has 0 bridgehead atoms. The van der Waals surface area contributed by atoms with Crippen LogP contribution in [0.4, 0.5) is 0 Å². The summed E-state index contributed by atoms with van der Waals surface area (Å²) in [5, 5.41) is 19.3. The van der Waals surface area contributed by atoms with Gasteiger partial charge in [-0.15, -0.1) is 11.8 Å². The Bertz CT molecular complexity index is 454. The Labute approximate surface area is 107 Å². The molecule has 2 nitrogen and oxygen atoms in total. The molecule has 1 atom stereocenters. The van der Waals surface area contributed by atoms with Gasteiger partial charge in [0.2, 0.25) is 0 Å². The molecule has 4 heteroatoms. The normalized spacial score (nSPS) is 19.6. The van der Waals surface area contributed by atoms with E-state index in [0.29, 0.717) is 10.1 Å². The number of hydrogen-bond acceptors (Lipinski definition) is 3.